The van der Waals surface area contributed by atoms with E-state index in [0.29, 0.717) is 27.9 Å². The highest BCUT2D eigenvalue weighted by molar-refractivity contribution is 7.15. The number of halogens is 1. The maximum Gasteiger partial charge on any atom is 0.180 e. The molecule has 0 amide bonds. The summed E-state index contributed by atoms with van der Waals surface area (Å²) in [6, 6.07) is 14.1. The Hall–Kier alpha value is -3.19. The fourth-order valence-corrected chi connectivity index (χ4v) is 3.65. The van der Waals surface area contributed by atoms with Crippen molar-refractivity contribution in [1.82, 2.24) is 19.9 Å². The number of nitrogens with zero attached hydrogens (tertiary/aromatic N) is 4. The summed E-state index contributed by atoms with van der Waals surface area (Å²) in [6.45, 7) is 0. The number of thiazole rings is 1. The Morgan fingerprint density at radius 1 is 0.929 bits per heavy atom. The van der Waals surface area contributed by atoms with Crippen LogP contribution in [0.25, 0.3) is 22.8 Å². The van der Waals surface area contributed by atoms with Crippen molar-refractivity contribution in [3.05, 3.63) is 77.3 Å². The maximum absolute atomic E-state index is 14.3. The van der Waals surface area contributed by atoms with Gasteiger partial charge in [0.2, 0.25) is 0 Å². The maximum atomic E-state index is 14.3. The van der Waals surface area contributed by atoms with Gasteiger partial charge in [-0.05, 0) is 49.6 Å². The van der Waals surface area contributed by atoms with Gasteiger partial charge in [0.05, 0.1) is 5.69 Å². The molecular formula is C21H18FN5S. The van der Waals surface area contributed by atoms with Gasteiger partial charge >= 0.3 is 0 Å². The molecule has 3 heterocycles. The van der Waals surface area contributed by atoms with Crippen LogP contribution in [0.5, 0.6) is 0 Å². The molecule has 7 heteroatoms. The van der Waals surface area contributed by atoms with Crippen LogP contribution in [0, 0.1) is 5.82 Å². The van der Waals surface area contributed by atoms with Crippen LogP contribution in [0.2, 0.25) is 0 Å². The van der Waals surface area contributed by atoms with E-state index in [-0.39, 0.29) is 5.82 Å². The summed E-state index contributed by atoms with van der Waals surface area (Å²) in [5.41, 5.74) is 8.22. The molecule has 1 aromatic carbocycles. The third-order valence-corrected chi connectivity index (χ3v) is 5.14. The topological polar surface area (TPSA) is 77.6 Å². The van der Waals surface area contributed by atoms with E-state index in [4.69, 9.17) is 5.73 Å². The Kier molecular flexibility index (Phi) is 5.34. The monoisotopic (exact) mass is 391 g/mol. The van der Waals surface area contributed by atoms with Crippen LogP contribution in [0.15, 0.2) is 60.9 Å². The average Bonchev–Trinajstić information content (AvgIpc) is 3.14. The van der Waals surface area contributed by atoms with Gasteiger partial charge in [0, 0.05) is 28.5 Å². The van der Waals surface area contributed by atoms with Crippen molar-refractivity contribution in [3.63, 3.8) is 0 Å². The molecule has 140 valence electrons. The number of pyridine rings is 1. The molecule has 0 atom stereocenters. The van der Waals surface area contributed by atoms with Crippen molar-refractivity contribution in [1.29, 1.82) is 0 Å². The number of hydrogen-bond acceptors (Lipinski definition) is 6. The lowest BCUT2D eigenvalue weighted by molar-refractivity contribution is 0.630. The van der Waals surface area contributed by atoms with Gasteiger partial charge in [-0.1, -0.05) is 18.2 Å². The zero-order valence-electron chi connectivity index (χ0n) is 15.0. The number of aromatic nitrogens is 4. The molecule has 0 fully saturated rings. The third kappa shape index (κ3) is 4.20. The van der Waals surface area contributed by atoms with Crippen LogP contribution < -0.4 is 5.73 Å². The smallest absolute Gasteiger partial charge is 0.180 e. The summed E-state index contributed by atoms with van der Waals surface area (Å²) in [4.78, 5) is 18.8. The lowest BCUT2D eigenvalue weighted by Crippen LogP contribution is -2.01. The Balaban J connectivity index is 1.65. The van der Waals surface area contributed by atoms with Gasteiger partial charge < -0.3 is 5.73 Å². The molecule has 3 aromatic heterocycles. The van der Waals surface area contributed by atoms with Crippen molar-refractivity contribution < 1.29 is 4.39 Å². The zero-order chi connectivity index (χ0) is 19.3. The third-order valence-electron chi connectivity index (χ3n) is 4.25. The number of aryl methyl sites for hydroxylation is 2. The molecule has 0 saturated carbocycles. The molecule has 4 rings (SSSR count). The van der Waals surface area contributed by atoms with Crippen LogP contribution in [0.1, 0.15) is 17.0 Å². The number of hydrogen-bond donors (Lipinski definition) is 1. The SMILES string of the molecule is Nc1ncc(CCCc2cc(-c3ccccc3F)nc(-c3ccccn3)n2)s1. The van der Waals surface area contributed by atoms with Crippen molar-refractivity contribution in [2.45, 2.75) is 19.3 Å². The molecule has 28 heavy (non-hydrogen) atoms. The van der Waals surface area contributed by atoms with Gasteiger partial charge in [-0.3, -0.25) is 4.98 Å². The lowest BCUT2D eigenvalue weighted by atomic mass is 10.1. The number of anilines is 1. The normalized spacial score (nSPS) is 10.9. The fraction of sp³-hybridized carbons (Fsp3) is 0.143. The van der Waals surface area contributed by atoms with Crippen molar-refractivity contribution in [2.75, 3.05) is 5.73 Å². The van der Waals surface area contributed by atoms with Crippen molar-refractivity contribution in [2.24, 2.45) is 0 Å². The highest BCUT2D eigenvalue weighted by Crippen LogP contribution is 2.25. The Labute approximate surface area is 166 Å². The van der Waals surface area contributed by atoms with E-state index >= 15 is 0 Å². The van der Waals surface area contributed by atoms with Crippen LogP contribution in [0.3, 0.4) is 0 Å². The van der Waals surface area contributed by atoms with Gasteiger partial charge in [-0.2, -0.15) is 0 Å². The molecule has 4 aromatic rings. The van der Waals surface area contributed by atoms with Crippen LogP contribution in [-0.2, 0) is 12.8 Å². The summed E-state index contributed by atoms with van der Waals surface area (Å²) in [5.74, 6) is 0.192. The average molecular weight is 391 g/mol. The molecular weight excluding hydrogens is 373 g/mol. The summed E-state index contributed by atoms with van der Waals surface area (Å²) in [6.07, 6.45) is 6.00. The minimum Gasteiger partial charge on any atom is -0.375 e. The summed E-state index contributed by atoms with van der Waals surface area (Å²) in [7, 11) is 0. The molecule has 5 nitrogen and oxygen atoms in total. The summed E-state index contributed by atoms with van der Waals surface area (Å²) in [5, 5.41) is 0.580. The van der Waals surface area contributed by atoms with E-state index in [1.54, 1.807) is 24.4 Å². The van der Waals surface area contributed by atoms with Gasteiger partial charge in [0.25, 0.3) is 0 Å². The minimum absolute atomic E-state index is 0.306. The van der Waals surface area contributed by atoms with Gasteiger partial charge in [0.15, 0.2) is 11.0 Å². The van der Waals surface area contributed by atoms with Gasteiger partial charge in [0.1, 0.15) is 11.5 Å². The predicted molar refractivity (Wildman–Crippen MR) is 109 cm³/mol. The Bertz CT molecular complexity index is 1080. The van der Waals surface area contributed by atoms with Crippen molar-refractivity contribution in [3.8, 4) is 22.8 Å². The highest BCUT2D eigenvalue weighted by Gasteiger charge is 2.12. The van der Waals surface area contributed by atoms with Crippen molar-refractivity contribution >= 4 is 16.5 Å². The fourth-order valence-electron chi connectivity index (χ4n) is 2.92. The van der Waals surface area contributed by atoms with Gasteiger partial charge in [-0.25, -0.2) is 19.3 Å². The first kappa shape index (κ1) is 18.2. The molecule has 0 unspecified atom stereocenters. The second kappa shape index (κ2) is 8.22. The second-order valence-corrected chi connectivity index (χ2v) is 7.43. The molecule has 0 aliphatic carbocycles. The lowest BCUT2D eigenvalue weighted by Gasteiger charge is -2.09. The number of nitrogen functional groups attached to an aromatic ring is 1. The van der Waals surface area contributed by atoms with E-state index in [1.807, 2.05) is 30.5 Å². The minimum atomic E-state index is -0.306. The summed E-state index contributed by atoms with van der Waals surface area (Å²) >= 11 is 1.50. The number of nitrogens with two attached hydrogens (primary N) is 1. The van der Waals surface area contributed by atoms with E-state index < -0.39 is 0 Å². The Morgan fingerprint density at radius 3 is 2.54 bits per heavy atom. The molecule has 0 bridgehead atoms. The van der Waals surface area contributed by atoms with E-state index in [0.717, 1.165) is 29.8 Å². The first-order valence-corrected chi connectivity index (χ1v) is 9.75. The largest absolute Gasteiger partial charge is 0.375 e. The first-order valence-electron chi connectivity index (χ1n) is 8.93. The first-order chi connectivity index (χ1) is 13.7. The highest BCUT2D eigenvalue weighted by atomic mass is 32.1. The number of benzene rings is 1. The second-order valence-electron chi connectivity index (χ2n) is 6.28. The molecule has 2 N–H and O–H groups in total. The number of rotatable bonds is 6. The molecule has 0 spiro atoms. The van der Waals surface area contributed by atoms with Gasteiger partial charge in [-0.15, -0.1) is 11.3 Å². The van der Waals surface area contributed by atoms with E-state index in [1.165, 1.54) is 17.4 Å². The van der Waals surface area contributed by atoms with Crippen LogP contribution in [-0.4, -0.2) is 19.9 Å². The summed E-state index contributed by atoms with van der Waals surface area (Å²) < 4.78 is 14.3. The quantitative estimate of drug-likeness (QED) is 0.521. The zero-order valence-corrected chi connectivity index (χ0v) is 15.9. The Morgan fingerprint density at radius 2 is 1.79 bits per heavy atom. The van der Waals surface area contributed by atoms with E-state index in [9.17, 15) is 4.39 Å². The molecule has 0 radical (unpaired) electrons. The van der Waals surface area contributed by atoms with E-state index in [2.05, 4.69) is 19.9 Å². The predicted octanol–water partition coefficient (Wildman–Crippen LogP) is 4.56. The molecule has 0 saturated heterocycles. The molecule has 0 aliphatic heterocycles. The van der Waals surface area contributed by atoms with Crippen LogP contribution in [0.4, 0.5) is 9.52 Å². The standard InChI is InChI=1S/C21H18FN5S/c22-17-9-2-1-8-16(17)19-12-14(6-5-7-15-13-25-21(23)28-15)26-20(27-19)18-10-3-4-11-24-18/h1-4,8-13H,5-7H2,(H2,23,25). The molecule has 0 aliphatic rings. The van der Waals surface area contributed by atoms with Crippen LogP contribution >= 0.6 is 11.3 Å².